The molecule has 0 aliphatic heterocycles. The maximum absolute atomic E-state index is 14.4. The summed E-state index contributed by atoms with van der Waals surface area (Å²) in [7, 11) is -3.86. The zero-order valence-electron chi connectivity index (χ0n) is 21.0. The number of anilines is 1. The van der Waals surface area contributed by atoms with Gasteiger partial charge < -0.3 is 15.0 Å². The molecule has 0 bridgehead atoms. The van der Waals surface area contributed by atoms with Crippen LogP contribution in [0.5, 0.6) is 5.75 Å². The van der Waals surface area contributed by atoms with Crippen molar-refractivity contribution >= 4 is 27.5 Å². The summed E-state index contributed by atoms with van der Waals surface area (Å²) in [6.45, 7) is 8.46. The third-order valence-corrected chi connectivity index (χ3v) is 6.22. The van der Waals surface area contributed by atoms with Crippen LogP contribution in [0.2, 0.25) is 0 Å². The molecule has 0 aliphatic rings. The normalized spacial score (nSPS) is 12.5. The second kappa shape index (κ2) is 11.5. The number of hydrogen-bond donors (Lipinski definition) is 1. The average Bonchev–Trinajstić information content (AvgIpc) is 2.75. The molecule has 35 heavy (non-hydrogen) atoms. The van der Waals surface area contributed by atoms with Crippen LogP contribution in [0.15, 0.2) is 48.5 Å². The molecule has 0 spiro atoms. The van der Waals surface area contributed by atoms with Gasteiger partial charge in [-0.15, -0.1) is 0 Å². The highest BCUT2D eigenvalue weighted by Crippen LogP contribution is 2.23. The van der Waals surface area contributed by atoms with Crippen LogP contribution in [0, 0.1) is 5.82 Å². The highest BCUT2D eigenvalue weighted by Gasteiger charge is 2.31. The van der Waals surface area contributed by atoms with Gasteiger partial charge in [-0.2, -0.15) is 0 Å². The first kappa shape index (κ1) is 28.1. The van der Waals surface area contributed by atoms with Crippen molar-refractivity contribution in [2.45, 2.75) is 52.7 Å². The summed E-state index contributed by atoms with van der Waals surface area (Å²) in [5, 5.41) is 2.82. The van der Waals surface area contributed by atoms with Gasteiger partial charge in [0.2, 0.25) is 21.8 Å². The van der Waals surface area contributed by atoms with Gasteiger partial charge in [0.25, 0.3) is 0 Å². The second-order valence-electron chi connectivity index (χ2n) is 9.22. The fourth-order valence-electron chi connectivity index (χ4n) is 3.36. The number of carbonyl (C=O) groups excluding carboxylic acids is 2. The highest BCUT2D eigenvalue weighted by molar-refractivity contribution is 7.92. The Morgan fingerprint density at radius 3 is 2.20 bits per heavy atom. The molecule has 0 radical (unpaired) electrons. The zero-order chi connectivity index (χ0) is 26.4. The number of halogens is 1. The van der Waals surface area contributed by atoms with E-state index in [0.717, 1.165) is 10.6 Å². The largest absolute Gasteiger partial charge is 0.494 e. The Hall–Kier alpha value is -3.14. The molecule has 2 aromatic rings. The Bertz CT molecular complexity index is 1130. The van der Waals surface area contributed by atoms with Gasteiger partial charge in [-0.25, -0.2) is 12.8 Å². The van der Waals surface area contributed by atoms with E-state index in [4.69, 9.17) is 4.74 Å². The minimum atomic E-state index is -3.86. The molecule has 10 heteroatoms. The lowest BCUT2D eigenvalue weighted by Crippen LogP contribution is -2.54. The molecule has 0 aliphatic carbocycles. The molecule has 2 aromatic carbocycles. The van der Waals surface area contributed by atoms with E-state index < -0.39 is 45.8 Å². The van der Waals surface area contributed by atoms with Crippen molar-refractivity contribution in [3.63, 3.8) is 0 Å². The molecule has 1 unspecified atom stereocenters. The molecule has 0 aromatic heterocycles. The quantitative estimate of drug-likeness (QED) is 0.532. The van der Waals surface area contributed by atoms with Gasteiger partial charge in [-0.3, -0.25) is 13.9 Å². The number of sulfonamides is 1. The van der Waals surface area contributed by atoms with Crippen LogP contribution in [0.4, 0.5) is 10.1 Å². The maximum Gasteiger partial charge on any atom is 0.244 e. The van der Waals surface area contributed by atoms with Gasteiger partial charge in [0.05, 0.1) is 18.6 Å². The average molecular weight is 508 g/mol. The van der Waals surface area contributed by atoms with Gasteiger partial charge in [-0.1, -0.05) is 18.2 Å². The van der Waals surface area contributed by atoms with E-state index in [9.17, 15) is 22.4 Å². The van der Waals surface area contributed by atoms with E-state index in [0.29, 0.717) is 12.4 Å². The van der Waals surface area contributed by atoms with Gasteiger partial charge in [0, 0.05) is 17.6 Å². The monoisotopic (exact) mass is 507 g/mol. The fourth-order valence-corrected chi connectivity index (χ4v) is 4.21. The van der Waals surface area contributed by atoms with Crippen molar-refractivity contribution in [2.75, 3.05) is 23.7 Å². The zero-order valence-corrected chi connectivity index (χ0v) is 21.9. The minimum absolute atomic E-state index is 0.203. The third-order valence-electron chi connectivity index (χ3n) is 5.08. The first-order valence-electron chi connectivity index (χ1n) is 11.3. The van der Waals surface area contributed by atoms with Crippen molar-refractivity contribution in [3.05, 3.63) is 59.9 Å². The predicted molar refractivity (Wildman–Crippen MR) is 134 cm³/mol. The molecule has 0 fully saturated rings. The summed E-state index contributed by atoms with van der Waals surface area (Å²) in [6, 6.07) is 11.2. The molecule has 0 heterocycles. The van der Waals surface area contributed by atoms with Crippen LogP contribution in [-0.4, -0.2) is 56.1 Å². The van der Waals surface area contributed by atoms with Crippen molar-refractivity contribution in [1.29, 1.82) is 0 Å². The SMILES string of the molecule is CCOc1ccc(N(CC(=O)N(Cc2ccccc2F)C(C)C(=O)NC(C)(C)C)S(C)(=O)=O)cc1. The third kappa shape index (κ3) is 8.24. The molecule has 1 N–H and O–H groups in total. The van der Waals surface area contributed by atoms with Crippen LogP contribution in [0.25, 0.3) is 0 Å². The number of ether oxygens (including phenoxy) is 1. The van der Waals surface area contributed by atoms with Gasteiger partial charge in [0.1, 0.15) is 24.2 Å². The van der Waals surface area contributed by atoms with Crippen LogP contribution >= 0.6 is 0 Å². The first-order valence-corrected chi connectivity index (χ1v) is 13.1. The lowest BCUT2D eigenvalue weighted by Gasteiger charge is -2.33. The molecule has 192 valence electrons. The van der Waals surface area contributed by atoms with Crippen molar-refractivity contribution in [3.8, 4) is 5.75 Å². The molecule has 8 nitrogen and oxygen atoms in total. The van der Waals surface area contributed by atoms with E-state index in [2.05, 4.69) is 5.32 Å². The summed E-state index contributed by atoms with van der Waals surface area (Å²) in [5.74, 6) is -1.05. The second-order valence-corrected chi connectivity index (χ2v) is 11.1. The number of hydrogen-bond acceptors (Lipinski definition) is 5. The van der Waals surface area contributed by atoms with Crippen molar-refractivity contribution < 1.29 is 27.1 Å². The Morgan fingerprint density at radius 2 is 1.69 bits per heavy atom. The van der Waals surface area contributed by atoms with E-state index in [1.165, 1.54) is 42.2 Å². The number of nitrogens with one attached hydrogen (secondary N) is 1. The Labute approximate surface area is 207 Å². The number of rotatable bonds is 10. The lowest BCUT2D eigenvalue weighted by atomic mass is 10.1. The predicted octanol–water partition coefficient (Wildman–Crippen LogP) is 3.32. The summed E-state index contributed by atoms with van der Waals surface area (Å²) in [6.07, 6.45) is 0.994. The van der Waals surface area contributed by atoms with Crippen LogP contribution in [0.1, 0.15) is 40.2 Å². The lowest BCUT2D eigenvalue weighted by molar-refractivity contribution is -0.140. The number of amides is 2. The molecular weight excluding hydrogens is 473 g/mol. The molecule has 2 rings (SSSR count). The van der Waals surface area contributed by atoms with Gasteiger partial charge in [-0.05, 0) is 65.0 Å². The summed E-state index contributed by atoms with van der Waals surface area (Å²) < 4.78 is 45.9. The van der Waals surface area contributed by atoms with Gasteiger partial charge >= 0.3 is 0 Å². The minimum Gasteiger partial charge on any atom is -0.494 e. The van der Waals surface area contributed by atoms with Crippen molar-refractivity contribution in [2.24, 2.45) is 0 Å². The standard InChI is InChI=1S/C25H34FN3O5S/c1-7-34-21-14-12-20(13-15-21)29(35(6,32)33)17-23(30)28(16-19-10-8-9-11-22(19)26)18(2)24(31)27-25(3,4)5/h8-15,18H,7,16-17H2,1-6H3,(H,27,31). The molecule has 2 amide bonds. The smallest absolute Gasteiger partial charge is 0.244 e. The molecule has 1 atom stereocenters. The Balaban J connectivity index is 2.40. The van der Waals surface area contributed by atoms with E-state index in [1.54, 1.807) is 39.0 Å². The fraction of sp³-hybridized carbons (Fsp3) is 0.440. The van der Waals surface area contributed by atoms with Gasteiger partial charge in [0.15, 0.2) is 0 Å². The highest BCUT2D eigenvalue weighted by atomic mass is 32.2. The number of carbonyl (C=O) groups is 2. The first-order chi connectivity index (χ1) is 16.2. The maximum atomic E-state index is 14.4. The topological polar surface area (TPSA) is 96.0 Å². The summed E-state index contributed by atoms with van der Waals surface area (Å²) >= 11 is 0. The van der Waals surface area contributed by atoms with Crippen LogP contribution in [-0.2, 0) is 26.2 Å². The number of nitrogens with zero attached hydrogens (tertiary/aromatic N) is 2. The van der Waals surface area contributed by atoms with Crippen molar-refractivity contribution in [1.82, 2.24) is 10.2 Å². The van der Waals surface area contributed by atoms with Crippen LogP contribution < -0.4 is 14.4 Å². The van der Waals surface area contributed by atoms with E-state index in [1.807, 2.05) is 6.92 Å². The van der Waals surface area contributed by atoms with Crippen LogP contribution in [0.3, 0.4) is 0 Å². The van der Waals surface area contributed by atoms with E-state index in [-0.39, 0.29) is 17.8 Å². The summed E-state index contributed by atoms with van der Waals surface area (Å²) in [5.41, 5.74) is -0.0794. The Morgan fingerprint density at radius 1 is 1.09 bits per heavy atom. The van der Waals surface area contributed by atoms with E-state index >= 15 is 0 Å². The molecular formula is C25H34FN3O5S. The number of benzene rings is 2. The Kier molecular flexibility index (Phi) is 9.25. The molecule has 0 saturated carbocycles. The molecule has 0 saturated heterocycles. The summed E-state index contributed by atoms with van der Waals surface area (Å²) in [4.78, 5) is 27.5.